The van der Waals surface area contributed by atoms with Crippen molar-refractivity contribution in [2.75, 3.05) is 6.54 Å². The van der Waals surface area contributed by atoms with Crippen LogP contribution in [-0.2, 0) is 21.4 Å². The number of nitrogens with one attached hydrogen (secondary N) is 2. The molecule has 154 valence electrons. The Kier molecular flexibility index (Phi) is 7.31. The number of hydrazone groups is 1. The third-order valence-electron chi connectivity index (χ3n) is 3.99. The molecule has 0 spiro atoms. The van der Waals surface area contributed by atoms with Crippen LogP contribution < -0.4 is 14.9 Å². The second kappa shape index (κ2) is 10.3. The summed E-state index contributed by atoms with van der Waals surface area (Å²) >= 11 is 0. The van der Waals surface area contributed by atoms with E-state index in [2.05, 4.69) is 15.2 Å². The number of amides is 1. The van der Waals surface area contributed by atoms with E-state index in [9.17, 15) is 13.2 Å². The molecular weight excluding hydrogens is 402 g/mol. The van der Waals surface area contributed by atoms with E-state index in [0.29, 0.717) is 12.4 Å². The zero-order chi connectivity index (χ0) is 21.2. The quantitative estimate of drug-likeness (QED) is 0.408. The number of benzene rings is 3. The van der Waals surface area contributed by atoms with E-state index in [-0.39, 0.29) is 4.90 Å². The zero-order valence-electron chi connectivity index (χ0n) is 16.1. The van der Waals surface area contributed by atoms with Crippen LogP contribution in [0.2, 0.25) is 0 Å². The summed E-state index contributed by atoms with van der Waals surface area (Å²) in [5, 5.41) is 3.86. The Bertz CT molecular complexity index is 1100. The molecule has 0 atom stereocenters. The molecule has 0 aliphatic carbocycles. The number of sulfonamides is 1. The monoisotopic (exact) mass is 423 g/mol. The third-order valence-corrected chi connectivity index (χ3v) is 5.40. The van der Waals surface area contributed by atoms with Gasteiger partial charge in [0, 0.05) is 0 Å². The first-order chi connectivity index (χ1) is 14.5. The Morgan fingerprint density at radius 1 is 0.933 bits per heavy atom. The number of ether oxygens (including phenoxy) is 1. The molecule has 2 N–H and O–H groups in total. The number of carbonyl (C=O) groups excluding carboxylic acids is 1. The standard InChI is InChI=1S/C22H21N3O4S/c26-22(16-24-30(27,28)21-12-5-2-6-13-21)25-23-15-19-10-7-11-20(14-19)29-17-18-8-3-1-4-9-18/h1-15,24H,16-17H2,(H,25,26)/b23-15+. The van der Waals surface area contributed by atoms with Crippen molar-refractivity contribution in [2.45, 2.75) is 11.5 Å². The Labute approximate surface area is 175 Å². The summed E-state index contributed by atoms with van der Waals surface area (Å²) in [5.41, 5.74) is 4.08. The van der Waals surface area contributed by atoms with E-state index in [1.165, 1.54) is 18.3 Å². The molecule has 8 heteroatoms. The summed E-state index contributed by atoms with van der Waals surface area (Å²) in [4.78, 5) is 12.0. The van der Waals surface area contributed by atoms with Gasteiger partial charge < -0.3 is 4.74 Å². The average Bonchev–Trinajstić information content (AvgIpc) is 2.78. The SMILES string of the molecule is O=C(CNS(=O)(=O)c1ccccc1)N/N=C/c1cccc(OCc2ccccc2)c1. The van der Waals surface area contributed by atoms with Crippen LogP contribution in [-0.4, -0.2) is 27.1 Å². The number of hydrogen-bond acceptors (Lipinski definition) is 5. The lowest BCUT2D eigenvalue weighted by molar-refractivity contribution is -0.119. The van der Waals surface area contributed by atoms with Gasteiger partial charge in [0.1, 0.15) is 12.4 Å². The van der Waals surface area contributed by atoms with Crippen LogP contribution in [0.15, 0.2) is 94.9 Å². The first kappa shape index (κ1) is 21.2. The van der Waals surface area contributed by atoms with Crippen LogP contribution in [0.25, 0.3) is 0 Å². The van der Waals surface area contributed by atoms with Crippen LogP contribution in [0.4, 0.5) is 0 Å². The first-order valence-electron chi connectivity index (χ1n) is 9.16. The fourth-order valence-corrected chi connectivity index (χ4v) is 3.49. The smallest absolute Gasteiger partial charge is 0.255 e. The maximum atomic E-state index is 12.1. The Morgan fingerprint density at radius 2 is 1.63 bits per heavy atom. The summed E-state index contributed by atoms with van der Waals surface area (Å²) < 4.78 is 32.2. The predicted octanol–water partition coefficient (Wildman–Crippen LogP) is 2.69. The summed E-state index contributed by atoms with van der Waals surface area (Å²) in [5.74, 6) is 0.0898. The van der Waals surface area contributed by atoms with Crippen LogP contribution in [0.1, 0.15) is 11.1 Å². The lowest BCUT2D eigenvalue weighted by atomic mass is 10.2. The highest BCUT2D eigenvalue weighted by atomic mass is 32.2. The molecule has 0 saturated carbocycles. The van der Waals surface area contributed by atoms with Gasteiger partial charge in [-0.05, 0) is 35.4 Å². The van der Waals surface area contributed by atoms with Gasteiger partial charge in [0.05, 0.1) is 17.7 Å². The van der Waals surface area contributed by atoms with Crippen molar-refractivity contribution < 1.29 is 17.9 Å². The molecule has 0 heterocycles. The van der Waals surface area contributed by atoms with Crippen LogP contribution in [0.5, 0.6) is 5.75 Å². The Hall–Kier alpha value is -3.49. The van der Waals surface area contributed by atoms with E-state index in [1.54, 1.807) is 24.3 Å². The fraction of sp³-hybridized carbons (Fsp3) is 0.0909. The average molecular weight is 423 g/mol. The number of carbonyl (C=O) groups is 1. The van der Waals surface area contributed by atoms with E-state index in [4.69, 9.17) is 4.74 Å². The van der Waals surface area contributed by atoms with E-state index >= 15 is 0 Å². The van der Waals surface area contributed by atoms with Crippen molar-refractivity contribution in [3.63, 3.8) is 0 Å². The number of rotatable bonds is 9. The molecule has 1 amide bonds. The maximum absolute atomic E-state index is 12.1. The highest BCUT2D eigenvalue weighted by Gasteiger charge is 2.14. The summed E-state index contributed by atoms with van der Waals surface area (Å²) in [6, 6.07) is 24.9. The molecule has 7 nitrogen and oxygen atoms in total. The van der Waals surface area contributed by atoms with Gasteiger partial charge in [0.25, 0.3) is 5.91 Å². The van der Waals surface area contributed by atoms with Gasteiger partial charge in [-0.25, -0.2) is 18.6 Å². The van der Waals surface area contributed by atoms with E-state index in [1.807, 2.05) is 48.5 Å². The highest BCUT2D eigenvalue weighted by Crippen LogP contribution is 2.14. The second-order valence-corrected chi connectivity index (χ2v) is 8.04. The van der Waals surface area contributed by atoms with E-state index in [0.717, 1.165) is 11.1 Å². The molecule has 0 saturated heterocycles. The molecule has 0 aliphatic heterocycles. The zero-order valence-corrected chi connectivity index (χ0v) is 16.9. The molecule has 0 aliphatic rings. The predicted molar refractivity (Wildman–Crippen MR) is 115 cm³/mol. The molecule has 30 heavy (non-hydrogen) atoms. The maximum Gasteiger partial charge on any atom is 0.255 e. The topological polar surface area (TPSA) is 96.9 Å². The second-order valence-electron chi connectivity index (χ2n) is 6.28. The van der Waals surface area contributed by atoms with Crippen LogP contribution in [0.3, 0.4) is 0 Å². The van der Waals surface area contributed by atoms with E-state index < -0.39 is 22.5 Å². The molecule has 3 rings (SSSR count). The largest absolute Gasteiger partial charge is 0.489 e. The van der Waals surface area contributed by atoms with Crippen LogP contribution >= 0.6 is 0 Å². The lowest BCUT2D eigenvalue weighted by Crippen LogP contribution is -2.34. The molecule has 0 aromatic heterocycles. The van der Waals surface area contributed by atoms with Gasteiger partial charge in [-0.1, -0.05) is 60.7 Å². The van der Waals surface area contributed by atoms with Crippen molar-refractivity contribution in [3.05, 3.63) is 96.1 Å². The van der Waals surface area contributed by atoms with Gasteiger partial charge in [0.2, 0.25) is 10.0 Å². The molecule has 3 aromatic rings. The third kappa shape index (κ3) is 6.54. The van der Waals surface area contributed by atoms with Crippen molar-refractivity contribution in [2.24, 2.45) is 5.10 Å². The summed E-state index contributed by atoms with van der Waals surface area (Å²) in [6.07, 6.45) is 1.46. The van der Waals surface area contributed by atoms with Gasteiger partial charge in [-0.15, -0.1) is 0 Å². The first-order valence-corrected chi connectivity index (χ1v) is 10.6. The van der Waals surface area contributed by atoms with Crippen molar-refractivity contribution in [1.82, 2.24) is 10.1 Å². The molecule has 0 bridgehead atoms. The van der Waals surface area contributed by atoms with Crippen molar-refractivity contribution in [3.8, 4) is 5.75 Å². The lowest BCUT2D eigenvalue weighted by Gasteiger charge is -2.07. The number of hydrogen-bond donors (Lipinski definition) is 2. The van der Waals surface area contributed by atoms with Crippen LogP contribution in [0, 0.1) is 0 Å². The summed E-state index contributed by atoms with van der Waals surface area (Å²) in [6.45, 7) is 0.0223. The molecule has 0 radical (unpaired) electrons. The molecule has 0 unspecified atom stereocenters. The molecular formula is C22H21N3O4S. The normalized spacial score (nSPS) is 11.3. The Balaban J connectivity index is 1.48. The van der Waals surface area contributed by atoms with Crippen molar-refractivity contribution in [1.29, 1.82) is 0 Å². The number of nitrogens with zero attached hydrogens (tertiary/aromatic N) is 1. The van der Waals surface area contributed by atoms with Gasteiger partial charge in [-0.3, -0.25) is 4.79 Å². The summed E-state index contributed by atoms with van der Waals surface area (Å²) in [7, 11) is -3.75. The minimum atomic E-state index is -3.75. The van der Waals surface area contributed by atoms with Gasteiger partial charge >= 0.3 is 0 Å². The van der Waals surface area contributed by atoms with Gasteiger partial charge in [-0.2, -0.15) is 5.10 Å². The minimum absolute atomic E-state index is 0.0913. The fourth-order valence-electron chi connectivity index (χ4n) is 2.49. The van der Waals surface area contributed by atoms with Crippen molar-refractivity contribution >= 4 is 22.1 Å². The minimum Gasteiger partial charge on any atom is -0.489 e. The van der Waals surface area contributed by atoms with Gasteiger partial charge in [0.15, 0.2) is 0 Å². The molecule has 3 aromatic carbocycles. The molecule has 0 fully saturated rings. The Morgan fingerprint density at radius 3 is 2.37 bits per heavy atom. The highest BCUT2D eigenvalue weighted by molar-refractivity contribution is 7.89.